The number of fused-ring (bicyclic) bond motifs is 1. The van der Waals surface area contributed by atoms with Gasteiger partial charge in [-0.15, -0.1) is 6.42 Å². The number of nitrogens with one attached hydrogen (secondary N) is 2. The van der Waals surface area contributed by atoms with Crippen molar-refractivity contribution in [3.63, 3.8) is 0 Å². The molecule has 2 heterocycles. The molecule has 0 bridgehead atoms. The minimum atomic E-state index is -4.48. The summed E-state index contributed by atoms with van der Waals surface area (Å²) >= 11 is 0. The predicted octanol–water partition coefficient (Wildman–Crippen LogP) is 2.41. The van der Waals surface area contributed by atoms with Gasteiger partial charge < -0.3 is 15.7 Å². The Hall–Kier alpha value is -2.90. The Balaban J connectivity index is 1.25. The van der Waals surface area contributed by atoms with Crippen LogP contribution in [0, 0.1) is 18.3 Å². The number of alkyl halides is 3. The average Bonchev–Trinajstić information content (AvgIpc) is 2.78. The van der Waals surface area contributed by atoms with Gasteiger partial charge in [-0.05, 0) is 49.8 Å². The summed E-state index contributed by atoms with van der Waals surface area (Å²) in [5, 5.41) is 15.8. The number of nitrogens with zero attached hydrogens (tertiary/aromatic N) is 3. The highest BCUT2D eigenvalue weighted by atomic mass is 19.4. The molecule has 1 aromatic carbocycles. The van der Waals surface area contributed by atoms with E-state index < -0.39 is 17.8 Å². The topological polar surface area (TPSA) is 90.4 Å². The van der Waals surface area contributed by atoms with Gasteiger partial charge in [-0.25, -0.2) is 9.97 Å². The summed E-state index contributed by atoms with van der Waals surface area (Å²) in [6, 6.07) is 3.71. The van der Waals surface area contributed by atoms with Crippen molar-refractivity contribution in [2.75, 3.05) is 25.0 Å². The number of aliphatic hydroxyl groups excluding tert-OH is 1. The zero-order chi connectivity index (χ0) is 23.6. The lowest BCUT2D eigenvalue weighted by Gasteiger charge is -2.47. The fraction of sp³-hybridized carbons (Fsp3) is 0.522. The lowest BCUT2D eigenvalue weighted by Crippen LogP contribution is -2.63. The van der Waals surface area contributed by atoms with Gasteiger partial charge in [0.1, 0.15) is 18.2 Å². The number of amides is 1. The van der Waals surface area contributed by atoms with E-state index in [-0.39, 0.29) is 35.6 Å². The first kappa shape index (κ1) is 23.3. The largest absolute Gasteiger partial charge is 0.416 e. The van der Waals surface area contributed by atoms with Gasteiger partial charge >= 0.3 is 6.18 Å². The molecule has 3 N–H and O–H groups in total. The molecule has 4 rings (SSSR count). The lowest BCUT2D eigenvalue weighted by molar-refractivity contribution is -0.137. The molecular weight excluding hydrogens is 435 g/mol. The monoisotopic (exact) mass is 461 g/mol. The zero-order valence-electron chi connectivity index (χ0n) is 18.0. The van der Waals surface area contributed by atoms with Crippen LogP contribution in [0.1, 0.15) is 31.2 Å². The summed E-state index contributed by atoms with van der Waals surface area (Å²) in [5.41, 5.74) is -0.435. The van der Waals surface area contributed by atoms with Crippen LogP contribution < -0.4 is 10.6 Å². The molecule has 1 saturated heterocycles. The van der Waals surface area contributed by atoms with Gasteiger partial charge in [0.05, 0.1) is 23.7 Å². The van der Waals surface area contributed by atoms with E-state index in [9.17, 15) is 23.1 Å². The summed E-state index contributed by atoms with van der Waals surface area (Å²) in [6.07, 6.45) is 5.16. The van der Waals surface area contributed by atoms with Crippen molar-refractivity contribution in [2.45, 2.75) is 50.0 Å². The van der Waals surface area contributed by atoms with Crippen molar-refractivity contribution in [3.8, 4) is 12.3 Å². The van der Waals surface area contributed by atoms with E-state index in [1.165, 1.54) is 12.4 Å². The Morgan fingerprint density at radius 2 is 1.97 bits per heavy atom. The quantitative estimate of drug-likeness (QED) is 0.573. The van der Waals surface area contributed by atoms with Gasteiger partial charge in [-0.1, -0.05) is 5.92 Å². The Bertz CT molecular complexity index is 1040. The third-order valence-electron chi connectivity index (χ3n) is 6.53. The number of rotatable bonds is 6. The molecule has 33 heavy (non-hydrogen) atoms. The van der Waals surface area contributed by atoms with Crippen LogP contribution in [0.4, 0.5) is 19.0 Å². The first-order chi connectivity index (χ1) is 15.7. The number of aliphatic hydroxyl groups is 1. The van der Waals surface area contributed by atoms with Crippen LogP contribution in [-0.2, 0) is 11.0 Å². The minimum absolute atomic E-state index is 0.0345. The molecule has 0 radical (unpaired) electrons. The van der Waals surface area contributed by atoms with E-state index >= 15 is 0 Å². The van der Waals surface area contributed by atoms with E-state index in [0.717, 1.165) is 50.9 Å². The number of likely N-dealkylation sites (tertiary alicyclic amines) is 1. The van der Waals surface area contributed by atoms with Gasteiger partial charge in [0.2, 0.25) is 5.91 Å². The normalized spacial score (nSPS) is 22.9. The molecule has 1 unspecified atom stereocenters. The summed E-state index contributed by atoms with van der Waals surface area (Å²) in [7, 11) is 0. The summed E-state index contributed by atoms with van der Waals surface area (Å²) in [6.45, 7) is 1.40. The van der Waals surface area contributed by atoms with E-state index in [0.29, 0.717) is 11.6 Å². The molecular formula is C23H26F3N5O2. The van der Waals surface area contributed by atoms with Gasteiger partial charge in [-0.3, -0.25) is 9.69 Å². The maximum atomic E-state index is 13.0. The van der Waals surface area contributed by atoms with E-state index in [2.05, 4.69) is 31.4 Å². The Labute approximate surface area is 189 Å². The molecule has 1 aliphatic carbocycles. The van der Waals surface area contributed by atoms with Crippen molar-refractivity contribution in [1.29, 1.82) is 0 Å². The van der Waals surface area contributed by atoms with Gasteiger partial charge in [0.25, 0.3) is 0 Å². The number of carbonyl (C=O) groups excluding carboxylic acids is 1. The predicted molar refractivity (Wildman–Crippen MR) is 117 cm³/mol. The van der Waals surface area contributed by atoms with Crippen molar-refractivity contribution in [3.05, 3.63) is 30.1 Å². The molecule has 2 fully saturated rings. The molecule has 1 amide bonds. The van der Waals surface area contributed by atoms with Crippen molar-refractivity contribution < 1.29 is 23.1 Å². The smallest absolute Gasteiger partial charge is 0.380 e. The molecule has 0 spiro atoms. The number of aromatic nitrogens is 2. The minimum Gasteiger partial charge on any atom is -0.380 e. The fourth-order valence-electron chi connectivity index (χ4n) is 4.64. The summed E-state index contributed by atoms with van der Waals surface area (Å²) in [5.74, 6) is 2.51. The van der Waals surface area contributed by atoms with Crippen LogP contribution >= 0.6 is 0 Å². The van der Waals surface area contributed by atoms with Gasteiger partial charge in [-0.2, -0.15) is 13.2 Å². The van der Waals surface area contributed by atoms with Crippen LogP contribution in [0.3, 0.4) is 0 Å². The zero-order valence-corrected chi connectivity index (χ0v) is 18.0. The number of benzene rings is 1. The third-order valence-corrected chi connectivity index (χ3v) is 6.53. The van der Waals surface area contributed by atoms with Crippen LogP contribution in [0.25, 0.3) is 10.9 Å². The number of carbonyl (C=O) groups is 1. The van der Waals surface area contributed by atoms with Crippen LogP contribution in [-0.4, -0.2) is 63.7 Å². The molecule has 2 aliphatic rings. The molecule has 1 atom stereocenters. The molecule has 2 aromatic rings. The average molecular weight is 461 g/mol. The molecule has 7 nitrogen and oxygen atoms in total. The second-order valence-electron chi connectivity index (χ2n) is 8.70. The Kier molecular flexibility index (Phi) is 6.72. The molecule has 1 aromatic heterocycles. The SMILES string of the molecule is C#CC(O)[C@H]1CC[C@@H](N2CC(NC(=O)CNc3ncnc4ccc(C(F)(F)F)cc34)C2)CC1. The highest BCUT2D eigenvalue weighted by Gasteiger charge is 2.36. The van der Waals surface area contributed by atoms with Crippen molar-refractivity contribution in [1.82, 2.24) is 20.2 Å². The fourth-order valence-corrected chi connectivity index (χ4v) is 4.64. The Morgan fingerprint density at radius 3 is 2.64 bits per heavy atom. The molecule has 10 heteroatoms. The van der Waals surface area contributed by atoms with E-state index in [1.54, 1.807) is 0 Å². The lowest BCUT2D eigenvalue weighted by atomic mass is 9.81. The molecule has 1 aliphatic heterocycles. The molecule has 176 valence electrons. The highest BCUT2D eigenvalue weighted by Crippen LogP contribution is 2.33. The van der Waals surface area contributed by atoms with Crippen LogP contribution in [0.2, 0.25) is 0 Å². The standard InChI is InChI=1S/C23H26F3N5O2/c1-2-20(32)14-3-6-17(7-4-14)31-11-16(12-31)30-21(33)10-27-22-18-9-15(23(24,25)26)5-8-19(18)28-13-29-22/h1,5,8-9,13-14,16-17,20,32H,3-4,6-7,10-12H2,(H,30,33)(H,27,28,29)/t14-,17+,20?. The Morgan fingerprint density at radius 1 is 1.24 bits per heavy atom. The molecule has 1 saturated carbocycles. The van der Waals surface area contributed by atoms with Crippen molar-refractivity contribution >= 4 is 22.6 Å². The van der Waals surface area contributed by atoms with Crippen molar-refractivity contribution in [2.24, 2.45) is 5.92 Å². The first-order valence-corrected chi connectivity index (χ1v) is 11.0. The van der Waals surface area contributed by atoms with Crippen LogP contribution in [0.5, 0.6) is 0 Å². The maximum Gasteiger partial charge on any atom is 0.416 e. The summed E-state index contributed by atoms with van der Waals surface area (Å²) in [4.78, 5) is 22.7. The van der Waals surface area contributed by atoms with Gasteiger partial charge in [0.15, 0.2) is 0 Å². The van der Waals surface area contributed by atoms with E-state index in [4.69, 9.17) is 6.42 Å². The summed E-state index contributed by atoms with van der Waals surface area (Å²) < 4.78 is 39.1. The first-order valence-electron chi connectivity index (χ1n) is 11.0. The number of anilines is 1. The van der Waals surface area contributed by atoms with E-state index in [1.807, 2.05) is 0 Å². The third kappa shape index (κ3) is 5.37. The number of hydrogen-bond acceptors (Lipinski definition) is 6. The second kappa shape index (κ2) is 9.53. The number of hydrogen-bond donors (Lipinski definition) is 3. The number of halogens is 3. The maximum absolute atomic E-state index is 13.0. The van der Waals surface area contributed by atoms with Crippen LogP contribution in [0.15, 0.2) is 24.5 Å². The number of terminal acetylenes is 1. The highest BCUT2D eigenvalue weighted by molar-refractivity contribution is 5.91. The van der Waals surface area contributed by atoms with Gasteiger partial charge in [0, 0.05) is 24.5 Å². The second-order valence-corrected chi connectivity index (χ2v) is 8.70.